The average molecular weight is 295 g/mol. The van der Waals surface area contributed by atoms with E-state index in [2.05, 4.69) is 5.32 Å². The third kappa shape index (κ3) is 7.08. The van der Waals surface area contributed by atoms with Crippen LogP contribution < -0.4 is 15.8 Å². The van der Waals surface area contributed by atoms with E-state index in [9.17, 15) is 9.90 Å². The molecule has 1 unspecified atom stereocenters. The topological polar surface area (TPSA) is 87.8 Å². The number of amides is 1. The predicted octanol–water partition coefficient (Wildman–Crippen LogP) is -0.0471. The first-order valence-corrected chi connectivity index (χ1v) is 7.04. The number of likely N-dealkylation sites (N-methyl/N-ethyl adjacent to an activating group) is 1. The molecule has 1 rings (SSSR count). The van der Waals surface area contributed by atoms with Crippen molar-refractivity contribution in [1.82, 2.24) is 10.2 Å². The Balaban J connectivity index is 2.29. The fraction of sp³-hybridized carbons (Fsp3) is 0.533. The third-order valence-corrected chi connectivity index (χ3v) is 3.10. The van der Waals surface area contributed by atoms with Crippen LogP contribution in [0.2, 0.25) is 0 Å². The van der Waals surface area contributed by atoms with E-state index < -0.39 is 6.10 Å². The van der Waals surface area contributed by atoms with Gasteiger partial charge in [-0.2, -0.15) is 0 Å². The molecule has 0 radical (unpaired) electrons. The van der Waals surface area contributed by atoms with E-state index in [1.54, 1.807) is 7.05 Å². The fourth-order valence-electron chi connectivity index (χ4n) is 1.88. The van der Waals surface area contributed by atoms with Crippen LogP contribution in [0.15, 0.2) is 24.3 Å². The Bertz CT molecular complexity index is 440. The van der Waals surface area contributed by atoms with E-state index in [1.807, 2.05) is 36.2 Å². The largest absolute Gasteiger partial charge is 0.491 e. The zero-order valence-electron chi connectivity index (χ0n) is 12.7. The maximum atomic E-state index is 11.1. The molecule has 6 nitrogen and oxygen atoms in total. The summed E-state index contributed by atoms with van der Waals surface area (Å²) in [6.45, 7) is 1.72. The van der Waals surface area contributed by atoms with Gasteiger partial charge in [0.15, 0.2) is 0 Å². The molecular weight excluding hydrogens is 270 g/mol. The van der Waals surface area contributed by atoms with Crippen LogP contribution in [-0.4, -0.2) is 55.8 Å². The van der Waals surface area contributed by atoms with Gasteiger partial charge < -0.3 is 25.8 Å². The van der Waals surface area contributed by atoms with E-state index in [4.69, 9.17) is 10.5 Å². The number of aliphatic hydroxyl groups is 1. The number of benzene rings is 1. The van der Waals surface area contributed by atoms with Crippen LogP contribution in [-0.2, 0) is 11.3 Å². The van der Waals surface area contributed by atoms with Gasteiger partial charge in [0.25, 0.3) is 0 Å². The summed E-state index contributed by atoms with van der Waals surface area (Å²) in [5.74, 6) is 0.691. The van der Waals surface area contributed by atoms with Gasteiger partial charge in [0.2, 0.25) is 5.91 Å². The Kier molecular flexibility index (Phi) is 7.74. The van der Waals surface area contributed by atoms with Crippen LogP contribution in [0.3, 0.4) is 0 Å². The van der Waals surface area contributed by atoms with Crippen LogP contribution in [0.4, 0.5) is 0 Å². The van der Waals surface area contributed by atoms with Crippen molar-refractivity contribution >= 4 is 5.91 Å². The van der Waals surface area contributed by atoms with Crippen molar-refractivity contribution in [3.05, 3.63) is 29.8 Å². The third-order valence-electron chi connectivity index (χ3n) is 3.10. The Labute approximate surface area is 125 Å². The average Bonchev–Trinajstić information content (AvgIpc) is 2.50. The van der Waals surface area contributed by atoms with Crippen molar-refractivity contribution in [2.75, 3.05) is 33.8 Å². The molecule has 0 saturated carbocycles. The smallest absolute Gasteiger partial charge is 0.221 e. The van der Waals surface area contributed by atoms with Crippen LogP contribution in [0.5, 0.6) is 5.75 Å². The van der Waals surface area contributed by atoms with E-state index >= 15 is 0 Å². The highest BCUT2D eigenvalue weighted by molar-refractivity contribution is 5.75. The summed E-state index contributed by atoms with van der Waals surface area (Å²) in [7, 11) is 3.47. The molecule has 0 aliphatic heterocycles. The molecule has 0 spiro atoms. The lowest BCUT2D eigenvalue weighted by Gasteiger charge is -2.20. The molecule has 4 N–H and O–H groups in total. The standard InChI is InChI=1S/C15H25N3O3/c1-17-15(20)6-7-18(2)10-13(19)11-21-14-5-3-4-12(8-14)9-16/h3-5,8,13,19H,6-7,9-11,16H2,1-2H3,(H,17,20). The molecule has 6 heteroatoms. The van der Waals surface area contributed by atoms with E-state index in [0.29, 0.717) is 31.8 Å². The number of ether oxygens (including phenoxy) is 1. The number of hydrogen-bond donors (Lipinski definition) is 3. The summed E-state index contributed by atoms with van der Waals surface area (Å²) >= 11 is 0. The monoisotopic (exact) mass is 295 g/mol. The number of carbonyl (C=O) groups excluding carboxylic acids is 1. The second-order valence-electron chi connectivity index (χ2n) is 5.00. The molecule has 1 amide bonds. The molecule has 0 heterocycles. The van der Waals surface area contributed by atoms with Gasteiger partial charge in [-0.1, -0.05) is 12.1 Å². The second kappa shape index (κ2) is 9.33. The molecule has 0 bridgehead atoms. The fourth-order valence-corrected chi connectivity index (χ4v) is 1.88. The minimum Gasteiger partial charge on any atom is -0.491 e. The normalized spacial score (nSPS) is 12.2. The molecule has 1 aromatic carbocycles. The molecule has 0 aliphatic rings. The highest BCUT2D eigenvalue weighted by atomic mass is 16.5. The SMILES string of the molecule is CNC(=O)CCN(C)CC(O)COc1cccc(CN)c1. The van der Waals surface area contributed by atoms with Crippen molar-refractivity contribution in [2.45, 2.75) is 19.1 Å². The Morgan fingerprint density at radius 2 is 2.29 bits per heavy atom. The van der Waals surface area contributed by atoms with Crippen molar-refractivity contribution in [3.8, 4) is 5.75 Å². The van der Waals surface area contributed by atoms with Crippen molar-refractivity contribution in [1.29, 1.82) is 0 Å². The lowest BCUT2D eigenvalue weighted by molar-refractivity contribution is -0.120. The number of nitrogens with two attached hydrogens (primary N) is 1. The van der Waals surface area contributed by atoms with E-state index in [0.717, 1.165) is 5.56 Å². The summed E-state index contributed by atoms with van der Waals surface area (Å²) in [5, 5.41) is 12.5. The zero-order chi connectivity index (χ0) is 15.7. The van der Waals surface area contributed by atoms with Gasteiger partial charge in [0.1, 0.15) is 18.5 Å². The molecular formula is C15H25N3O3. The van der Waals surface area contributed by atoms with Crippen LogP contribution in [0.1, 0.15) is 12.0 Å². The van der Waals surface area contributed by atoms with Gasteiger partial charge in [0, 0.05) is 33.1 Å². The Morgan fingerprint density at radius 1 is 1.52 bits per heavy atom. The number of nitrogens with zero attached hydrogens (tertiary/aromatic N) is 1. The maximum absolute atomic E-state index is 11.1. The highest BCUT2D eigenvalue weighted by Gasteiger charge is 2.10. The summed E-state index contributed by atoms with van der Waals surface area (Å²) in [5.41, 5.74) is 6.56. The second-order valence-corrected chi connectivity index (χ2v) is 5.00. The number of hydrogen-bond acceptors (Lipinski definition) is 5. The van der Waals surface area contributed by atoms with Gasteiger partial charge in [-0.05, 0) is 24.7 Å². The number of aliphatic hydroxyl groups excluding tert-OH is 1. The Morgan fingerprint density at radius 3 is 2.95 bits per heavy atom. The maximum Gasteiger partial charge on any atom is 0.221 e. The first-order chi connectivity index (χ1) is 10.0. The summed E-state index contributed by atoms with van der Waals surface area (Å²) in [6.07, 6.45) is -0.194. The van der Waals surface area contributed by atoms with Crippen LogP contribution in [0, 0.1) is 0 Å². The summed E-state index contributed by atoms with van der Waals surface area (Å²) < 4.78 is 5.55. The zero-order valence-corrected chi connectivity index (χ0v) is 12.7. The molecule has 118 valence electrons. The molecule has 1 atom stereocenters. The predicted molar refractivity (Wildman–Crippen MR) is 82.0 cm³/mol. The molecule has 0 saturated heterocycles. The van der Waals surface area contributed by atoms with Crippen LogP contribution in [0.25, 0.3) is 0 Å². The quantitative estimate of drug-likeness (QED) is 0.595. The number of carbonyl (C=O) groups is 1. The lowest BCUT2D eigenvalue weighted by Crippen LogP contribution is -2.35. The van der Waals surface area contributed by atoms with Gasteiger partial charge in [-0.15, -0.1) is 0 Å². The van der Waals surface area contributed by atoms with E-state index in [1.165, 1.54) is 0 Å². The molecule has 0 aliphatic carbocycles. The molecule has 21 heavy (non-hydrogen) atoms. The Hall–Kier alpha value is -1.63. The first kappa shape index (κ1) is 17.4. The summed E-state index contributed by atoms with van der Waals surface area (Å²) in [4.78, 5) is 13.0. The number of nitrogens with one attached hydrogen (secondary N) is 1. The molecule has 1 aromatic rings. The number of rotatable bonds is 9. The van der Waals surface area contributed by atoms with Crippen molar-refractivity contribution < 1.29 is 14.6 Å². The van der Waals surface area contributed by atoms with Crippen LogP contribution >= 0.6 is 0 Å². The minimum atomic E-state index is -0.610. The van der Waals surface area contributed by atoms with E-state index in [-0.39, 0.29) is 12.5 Å². The van der Waals surface area contributed by atoms with Gasteiger partial charge in [-0.3, -0.25) is 4.79 Å². The van der Waals surface area contributed by atoms with Gasteiger partial charge in [-0.25, -0.2) is 0 Å². The lowest BCUT2D eigenvalue weighted by atomic mass is 10.2. The summed E-state index contributed by atoms with van der Waals surface area (Å²) in [6, 6.07) is 7.50. The van der Waals surface area contributed by atoms with Gasteiger partial charge >= 0.3 is 0 Å². The van der Waals surface area contributed by atoms with Crippen molar-refractivity contribution in [3.63, 3.8) is 0 Å². The first-order valence-electron chi connectivity index (χ1n) is 7.04. The molecule has 0 fully saturated rings. The highest BCUT2D eigenvalue weighted by Crippen LogP contribution is 2.13. The minimum absolute atomic E-state index is 0.00816. The molecule has 0 aromatic heterocycles. The van der Waals surface area contributed by atoms with Gasteiger partial charge in [0.05, 0.1) is 0 Å². The van der Waals surface area contributed by atoms with Crippen molar-refractivity contribution in [2.24, 2.45) is 5.73 Å².